The fourth-order valence-electron chi connectivity index (χ4n) is 3.49. The summed E-state index contributed by atoms with van der Waals surface area (Å²) in [6.45, 7) is 0.667. The van der Waals surface area contributed by atoms with Gasteiger partial charge < -0.3 is 5.32 Å². The molecule has 2 heterocycles. The molecule has 0 aliphatic rings. The molecule has 0 spiro atoms. The Morgan fingerprint density at radius 2 is 1.40 bits per heavy atom. The van der Waals surface area contributed by atoms with Crippen LogP contribution in [0.15, 0.2) is 97.6 Å². The highest BCUT2D eigenvalue weighted by molar-refractivity contribution is 6.02. The minimum Gasteiger partial charge on any atom is -0.365 e. The van der Waals surface area contributed by atoms with Gasteiger partial charge in [-0.1, -0.05) is 72.8 Å². The third-order valence-electron chi connectivity index (χ3n) is 4.93. The van der Waals surface area contributed by atoms with E-state index in [-0.39, 0.29) is 0 Å². The van der Waals surface area contributed by atoms with Gasteiger partial charge in [0.2, 0.25) is 0 Å². The molecule has 0 aliphatic carbocycles. The molecule has 0 atom stereocenters. The lowest BCUT2D eigenvalue weighted by Gasteiger charge is -2.14. The first-order valence-electron chi connectivity index (χ1n) is 9.78. The monoisotopic (exact) mass is 389 g/mol. The molecule has 5 aromatic rings. The average Bonchev–Trinajstić information content (AvgIpc) is 2.83. The van der Waals surface area contributed by atoms with Gasteiger partial charge in [0.05, 0.1) is 16.5 Å². The van der Waals surface area contributed by atoms with Crippen LogP contribution in [0.3, 0.4) is 0 Å². The highest BCUT2D eigenvalue weighted by Gasteiger charge is 2.14. The van der Waals surface area contributed by atoms with Crippen molar-refractivity contribution < 1.29 is 0 Å². The maximum absolute atomic E-state index is 4.87. The van der Waals surface area contributed by atoms with E-state index in [9.17, 15) is 0 Å². The number of fused-ring (bicyclic) bond motifs is 1. The van der Waals surface area contributed by atoms with E-state index < -0.39 is 0 Å². The second-order valence-electron chi connectivity index (χ2n) is 6.93. The third kappa shape index (κ3) is 3.61. The number of hydrogen-bond acceptors (Lipinski definition) is 5. The van der Waals surface area contributed by atoms with E-state index in [2.05, 4.69) is 45.6 Å². The van der Waals surface area contributed by atoms with E-state index in [1.54, 1.807) is 12.4 Å². The van der Waals surface area contributed by atoms with Crippen molar-refractivity contribution in [1.82, 2.24) is 19.9 Å². The van der Waals surface area contributed by atoms with Gasteiger partial charge >= 0.3 is 0 Å². The van der Waals surface area contributed by atoms with Crippen LogP contribution < -0.4 is 5.32 Å². The summed E-state index contributed by atoms with van der Waals surface area (Å²) in [6, 6.07) is 26.8. The van der Waals surface area contributed by atoms with E-state index in [4.69, 9.17) is 9.97 Å². The number of benzene rings is 3. The minimum atomic E-state index is 0.601. The maximum atomic E-state index is 4.87. The molecule has 144 valence electrons. The van der Waals surface area contributed by atoms with E-state index in [0.717, 1.165) is 33.4 Å². The molecule has 0 saturated heterocycles. The highest BCUT2D eigenvalue weighted by Crippen LogP contribution is 2.33. The number of rotatable bonds is 5. The largest absolute Gasteiger partial charge is 0.365 e. The first kappa shape index (κ1) is 17.9. The lowest BCUT2D eigenvalue weighted by molar-refractivity contribution is 1.09. The fraction of sp³-hybridized carbons (Fsp3) is 0.0400. The molecule has 2 aromatic heterocycles. The summed E-state index contributed by atoms with van der Waals surface area (Å²) in [5.74, 6) is 1.39. The van der Waals surface area contributed by atoms with Crippen LogP contribution in [0.5, 0.6) is 0 Å². The SMILES string of the molecule is c1ccc(CNc2nc(-c3cncnc3)nc3cccc(-c4ccccc4)c23)cc1. The van der Waals surface area contributed by atoms with E-state index in [1.807, 2.05) is 48.5 Å². The molecule has 3 aromatic carbocycles. The zero-order valence-electron chi connectivity index (χ0n) is 16.2. The smallest absolute Gasteiger partial charge is 0.165 e. The summed E-state index contributed by atoms with van der Waals surface area (Å²) < 4.78 is 0. The molecule has 0 bridgehead atoms. The van der Waals surface area contributed by atoms with Gasteiger partial charge in [-0.3, -0.25) is 0 Å². The van der Waals surface area contributed by atoms with E-state index >= 15 is 0 Å². The summed E-state index contributed by atoms with van der Waals surface area (Å²) in [6.07, 6.45) is 4.97. The average molecular weight is 389 g/mol. The first-order valence-corrected chi connectivity index (χ1v) is 9.78. The zero-order valence-corrected chi connectivity index (χ0v) is 16.2. The fourth-order valence-corrected chi connectivity index (χ4v) is 3.49. The van der Waals surface area contributed by atoms with Crippen LogP contribution in [0, 0.1) is 0 Å². The van der Waals surface area contributed by atoms with Crippen LogP contribution in [0.1, 0.15) is 5.56 Å². The summed E-state index contributed by atoms with van der Waals surface area (Å²) in [5.41, 5.74) is 5.07. The summed E-state index contributed by atoms with van der Waals surface area (Å²) in [4.78, 5) is 17.9. The van der Waals surface area contributed by atoms with Gasteiger partial charge in [-0.25, -0.2) is 19.9 Å². The van der Waals surface area contributed by atoms with Gasteiger partial charge in [0.1, 0.15) is 12.1 Å². The zero-order chi connectivity index (χ0) is 20.2. The first-order chi connectivity index (χ1) is 14.9. The normalized spacial score (nSPS) is 10.8. The van der Waals surface area contributed by atoms with Gasteiger partial charge in [-0.05, 0) is 22.8 Å². The Kier molecular flexibility index (Phi) is 4.84. The molecular formula is C25H19N5. The quantitative estimate of drug-likeness (QED) is 0.438. The van der Waals surface area contributed by atoms with Crippen LogP contribution in [0.25, 0.3) is 33.4 Å². The molecule has 0 amide bonds. The Morgan fingerprint density at radius 1 is 0.667 bits per heavy atom. The second kappa shape index (κ2) is 8.09. The maximum Gasteiger partial charge on any atom is 0.165 e. The topological polar surface area (TPSA) is 63.6 Å². The number of hydrogen-bond donors (Lipinski definition) is 1. The molecule has 5 heteroatoms. The number of nitrogens with one attached hydrogen (secondary N) is 1. The Morgan fingerprint density at radius 3 is 2.17 bits per heavy atom. The summed E-state index contributed by atoms with van der Waals surface area (Å²) >= 11 is 0. The summed E-state index contributed by atoms with van der Waals surface area (Å²) in [7, 11) is 0. The van der Waals surface area contributed by atoms with Gasteiger partial charge in [0.25, 0.3) is 0 Å². The van der Waals surface area contributed by atoms with Crippen LogP contribution in [-0.4, -0.2) is 19.9 Å². The molecular weight excluding hydrogens is 370 g/mol. The molecule has 5 nitrogen and oxygen atoms in total. The Bertz CT molecular complexity index is 1270. The standard InChI is InChI=1S/C25H19N5/c1-3-8-18(9-4-1)14-28-25-23-21(19-10-5-2-6-11-19)12-7-13-22(23)29-24(30-25)20-15-26-17-27-16-20/h1-13,15-17H,14H2,(H,28,29,30). The Labute approximate surface area is 174 Å². The molecule has 1 N–H and O–H groups in total. The molecule has 30 heavy (non-hydrogen) atoms. The second-order valence-corrected chi connectivity index (χ2v) is 6.93. The van der Waals surface area contributed by atoms with Crippen LogP contribution >= 0.6 is 0 Å². The predicted octanol–water partition coefficient (Wildman–Crippen LogP) is 5.37. The molecule has 0 unspecified atom stereocenters. The van der Waals surface area contributed by atoms with Crippen molar-refractivity contribution in [3.8, 4) is 22.5 Å². The molecule has 0 fully saturated rings. The van der Waals surface area contributed by atoms with Crippen molar-refractivity contribution in [3.63, 3.8) is 0 Å². The van der Waals surface area contributed by atoms with Crippen LogP contribution in [0.4, 0.5) is 5.82 Å². The van der Waals surface area contributed by atoms with Crippen molar-refractivity contribution in [2.45, 2.75) is 6.54 Å². The number of anilines is 1. The van der Waals surface area contributed by atoms with Crippen LogP contribution in [-0.2, 0) is 6.54 Å². The molecule has 0 radical (unpaired) electrons. The number of aromatic nitrogens is 4. The highest BCUT2D eigenvalue weighted by atomic mass is 15.0. The van der Waals surface area contributed by atoms with Crippen molar-refractivity contribution >= 4 is 16.7 Å². The van der Waals surface area contributed by atoms with E-state index in [1.165, 1.54) is 11.9 Å². The van der Waals surface area contributed by atoms with Crippen molar-refractivity contribution in [2.24, 2.45) is 0 Å². The van der Waals surface area contributed by atoms with Gasteiger partial charge in [-0.2, -0.15) is 0 Å². The predicted molar refractivity (Wildman–Crippen MR) is 120 cm³/mol. The van der Waals surface area contributed by atoms with E-state index in [0.29, 0.717) is 12.4 Å². The van der Waals surface area contributed by atoms with Crippen molar-refractivity contribution in [2.75, 3.05) is 5.32 Å². The lowest BCUT2D eigenvalue weighted by Crippen LogP contribution is -2.05. The Hall–Kier alpha value is -4.12. The van der Waals surface area contributed by atoms with Crippen LogP contribution in [0.2, 0.25) is 0 Å². The third-order valence-corrected chi connectivity index (χ3v) is 4.93. The number of nitrogens with zero attached hydrogens (tertiary/aromatic N) is 4. The Balaban J connectivity index is 1.68. The minimum absolute atomic E-state index is 0.601. The van der Waals surface area contributed by atoms with Gasteiger partial charge in [0, 0.05) is 18.9 Å². The molecule has 0 saturated carbocycles. The van der Waals surface area contributed by atoms with Crippen molar-refractivity contribution in [3.05, 3.63) is 103 Å². The van der Waals surface area contributed by atoms with Gasteiger partial charge in [-0.15, -0.1) is 0 Å². The lowest BCUT2D eigenvalue weighted by atomic mass is 10.0. The van der Waals surface area contributed by atoms with Crippen molar-refractivity contribution in [1.29, 1.82) is 0 Å². The summed E-state index contributed by atoms with van der Waals surface area (Å²) in [5, 5.41) is 4.53. The molecule has 0 aliphatic heterocycles. The molecule has 5 rings (SSSR count). The van der Waals surface area contributed by atoms with Gasteiger partial charge in [0.15, 0.2) is 5.82 Å².